The van der Waals surface area contributed by atoms with Crippen LogP contribution in [0.3, 0.4) is 0 Å². The zero-order chi connectivity index (χ0) is 11.9. The van der Waals surface area contributed by atoms with Gasteiger partial charge in [-0.2, -0.15) is 0 Å². The normalized spacial score (nSPS) is 26.4. The molecule has 1 nitrogen and oxygen atoms in total. The lowest BCUT2D eigenvalue weighted by atomic mass is 9.71. The van der Waals surface area contributed by atoms with E-state index in [9.17, 15) is 0 Å². The van der Waals surface area contributed by atoms with Crippen LogP contribution in [-0.2, 0) is 0 Å². The molecule has 2 aliphatic rings. The highest BCUT2D eigenvalue weighted by Gasteiger charge is 2.37. The van der Waals surface area contributed by atoms with Crippen LogP contribution in [0.4, 0.5) is 5.69 Å². The van der Waals surface area contributed by atoms with Gasteiger partial charge in [-0.05, 0) is 43.7 Å². The molecule has 1 N–H and O–H groups in total. The fraction of sp³-hybridized carbons (Fsp3) is 0.625. The van der Waals surface area contributed by atoms with Crippen LogP contribution in [0.25, 0.3) is 0 Å². The average molecular weight is 229 g/mol. The van der Waals surface area contributed by atoms with Crippen LogP contribution < -0.4 is 5.32 Å². The number of rotatable bonds is 0. The van der Waals surface area contributed by atoms with Gasteiger partial charge in [-0.25, -0.2) is 0 Å². The van der Waals surface area contributed by atoms with E-state index in [4.69, 9.17) is 0 Å². The zero-order valence-electron chi connectivity index (χ0n) is 11.1. The average Bonchev–Trinajstić information content (AvgIpc) is 2.31. The number of anilines is 1. The molecule has 0 amide bonds. The van der Waals surface area contributed by atoms with E-state index in [2.05, 4.69) is 37.4 Å². The first kappa shape index (κ1) is 11.1. The molecule has 3 rings (SSSR count). The molecule has 1 aliphatic carbocycles. The maximum absolute atomic E-state index is 3.87. The molecule has 0 radical (unpaired) electrons. The maximum Gasteiger partial charge on any atom is 0.0379 e. The second-order valence-electron chi connectivity index (χ2n) is 6.16. The molecule has 1 atom stereocenters. The molecular weight excluding hydrogens is 206 g/mol. The number of nitrogens with one attached hydrogen (secondary N) is 1. The summed E-state index contributed by atoms with van der Waals surface area (Å²) in [6.45, 7) is 4.59. The van der Waals surface area contributed by atoms with Crippen LogP contribution >= 0.6 is 0 Å². The lowest BCUT2D eigenvalue weighted by molar-refractivity contribution is 0.281. The molecule has 1 unspecified atom stereocenters. The lowest BCUT2D eigenvalue weighted by Gasteiger charge is -2.45. The van der Waals surface area contributed by atoms with Gasteiger partial charge in [-0.15, -0.1) is 0 Å². The summed E-state index contributed by atoms with van der Waals surface area (Å²) in [5.41, 5.74) is 4.73. The van der Waals surface area contributed by atoms with Crippen molar-refractivity contribution in [1.82, 2.24) is 0 Å². The van der Waals surface area contributed by atoms with Gasteiger partial charge in [0.15, 0.2) is 0 Å². The van der Waals surface area contributed by atoms with Crippen LogP contribution in [-0.4, -0.2) is 5.54 Å². The highest BCUT2D eigenvalue weighted by atomic mass is 15.0. The Labute approximate surface area is 105 Å². The van der Waals surface area contributed by atoms with Gasteiger partial charge in [0, 0.05) is 11.2 Å². The molecule has 17 heavy (non-hydrogen) atoms. The summed E-state index contributed by atoms with van der Waals surface area (Å²) in [5.74, 6) is 0.712. The van der Waals surface area contributed by atoms with Crippen LogP contribution in [0.15, 0.2) is 18.2 Å². The van der Waals surface area contributed by atoms with Gasteiger partial charge >= 0.3 is 0 Å². The van der Waals surface area contributed by atoms with E-state index in [1.54, 1.807) is 0 Å². The van der Waals surface area contributed by atoms with E-state index < -0.39 is 0 Å². The Balaban J connectivity index is 1.94. The van der Waals surface area contributed by atoms with Crippen LogP contribution in [0.1, 0.15) is 62.5 Å². The Kier molecular flexibility index (Phi) is 2.65. The first-order chi connectivity index (χ1) is 8.19. The Hall–Kier alpha value is -0.980. The molecule has 1 aromatic rings. The van der Waals surface area contributed by atoms with E-state index in [1.165, 1.54) is 55.3 Å². The Morgan fingerprint density at radius 2 is 1.94 bits per heavy atom. The van der Waals surface area contributed by atoms with E-state index >= 15 is 0 Å². The fourth-order valence-electron chi connectivity index (χ4n) is 3.79. The van der Waals surface area contributed by atoms with Crippen molar-refractivity contribution in [3.05, 3.63) is 29.3 Å². The lowest BCUT2D eigenvalue weighted by Crippen LogP contribution is -2.44. The number of aryl methyl sites for hydroxylation is 1. The van der Waals surface area contributed by atoms with Gasteiger partial charge in [-0.3, -0.25) is 0 Å². The van der Waals surface area contributed by atoms with Crippen molar-refractivity contribution in [2.24, 2.45) is 0 Å². The minimum Gasteiger partial charge on any atom is -0.379 e. The molecule has 1 heterocycles. The number of benzene rings is 1. The van der Waals surface area contributed by atoms with Gasteiger partial charge in [0.25, 0.3) is 0 Å². The Bertz CT molecular complexity index is 416. The number of fused-ring (bicyclic) bond motifs is 1. The molecule has 1 spiro atoms. The molecule has 0 bridgehead atoms. The van der Waals surface area contributed by atoms with Crippen molar-refractivity contribution >= 4 is 5.69 Å². The van der Waals surface area contributed by atoms with Gasteiger partial charge in [0.1, 0.15) is 0 Å². The zero-order valence-corrected chi connectivity index (χ0v) is 11.1. The SMILES string of the molecule is Cc1ccc2c(c1)C(C)CC1(CCCCC1)N2. The van der Waals surface area contributed by atoms with Crippen molar-refractivity contribution in [1.29, 1.82) is 0 Å². The monoisotopic (exact) mass is 229 g/mol. The highest BCUT2D eigenvalue weighted by Crippen LogP contribution is 2.45. The third-order valence-electron chi connectivity index (χ3n) is 4.65. The molecular formula is C16H23N. The summed E-state index contributed by atoms with van der Waals surface area (Å²) in [5, 5.41) is 3.87. The smallest absolute Gasteiger partial charge is 0.0379 e. The molecule has 1 aliphatic heterocycles. The summed E-state index contributed by atoms with van der Waals surface area (Å²) in [6.07, 6.45) is 8.29. The second kappa shape index (κ2) is 4.04. The molecule has 1 saturated carbocycles. The Morgan fingerprint density at radius 1 is 1.18 bits per heavy atom. The quantitative estimate of drug-likeness (QED) is 0.684. The first-order valence-electron chi connectivity index (χ1n) is 7.07. The summed E-state index contributed by atoms with van der Waals surface area (Å²) in [6, 6.07) is 6.89. The van der Waals surface area contributed by atoms with Crippen LogP contribution in [0.5, 0.6) is 0 Å². The second-order valence-corrected chi connectivity index (χ2v) is 6.16. The standard InChI is InChI=1S/C16H23N/c1-12-6-7-15-14(10-12)13(2)11-16(17-15)8-4-3-5-9-16/h6-7,10,13,17H,3-5,8-9,11H2,1-2H3. The largest absolute Gasteiger partial charge is 0.379 e. The van der Waals surface area contributed by atoms with Gasteiger partial charge < -0.3 is 5.32 Å². The fourth-order valence-corrected chi connectivity index (χ4v) is 3.79. The van der Waals surface area contributed by atoms with Crippen LogP contribution in [0, 0.1) is 6.92 Å². The predicted octanol–water partition coefficient (Wildman–Crippen LogP) is 4.62. The molecule has 0 saturated heterocycles. The molecule has 92 valence electrons. The Morgan fingerprint density at radius 3 is 2.71 bits per heavy atom. The first-order valence-corrected chi connectivity index (χ1v) is 7.07. The van der Waals surface area contributed by atoms with Crippen molar-refractivity contribution < 1.29 is 0 Å². The van der Waals surface area contributed by atoms with Gasteiger partial charge in [0.05, 0.1) is 0 Å². The van der Waals surface area contributed by atoms with Crippen LogP contribution in [0.2, 0.25) is 0 Å². The van der Waals surface area contributed by atoms with Gasteiger partial charge in [0.2, 0.25) is 0 Å². The number of hydrogen-bond acceptors (Lipinski definition) is 1. The van der Waals surface area contributed by atoms with Gasteiger partial charge in [-0.1, -0.05) is 43.9 Å². The summed E-state index contributed by atoms with van der Waals surface area (Å²) in [4.78, 5) is 0. The summed E-state index contributed by atoms with van der Waals surface area (Å²) >= 11 is 0. The number of hydrogen-bond donors (Lipinski definition) is 1. The van der Waals surface area contributed by atoms with Crippen molar-refractivity contribution in [3.63, 3.8) is 0 Å². The van der Waals surface area contributed by atoms with E-state index in [-0.39, 0.29) is 0 Å². The highest BCUT2D eigenvalue weighted by molar-refractivity contribution is 5.58. The maximum atomic E-state index is 3.87. The topological polar surface area (TPSA) is 12.0 Å². The molecule has 1 fully saturated rings. The predicted molar refractivity (Wildman–Crippen MR) is 73.6 cm³/mol. The molecule has 0 aromatic heterocycles. The summed E-state index contributed by atoms with van der Waals surface area (Å²) in [7, 11) is 0. The summed E-state index contributed by atoms with van der Waals surface area (Å²) < 4.78 is 0. The molecule has 1 aromatic carbocycles. The van der Waals surface area contributed by atoms with Crippen molar-refractivity contribution in [2.75, 3.05) is 5.32 Å². The minimum absolute atomic E-state index is 0.417. The third kappa shape index (κ3) is 1.96. The van der Waals surface area contributed by atoms with E-state index in [0.29, 0.717) is 11.5 Å². The molecule has 1 heteroatoms. The minimum atomic E-state index is 0.417. The van der Waals surface area contributed by atoms with E-state index in [1.807, 2.05) is 0 Å². The van der Waals surface area contributed by atoms with E-state index in [0.717, 1.165) is 0 Å². The van der Waals surface area contributed by atoms with Crippen molar-refractivity contribution in [3.8, 4) is 0 Å². The van der Waals surface area contributed by atoms with Crippen molar-refractivity contribution in [2.45, 2.75) is 63.8 Å². The third-order valence-corrected chi connectivity index (χ3v) is 4.65.